The molecule has 0 aromatic rings. The molecule has 0 aliphatic rings. The summed E-state index contributed by atoms with van der Waals surface area (Å²) in [5.41, 5.74) is -0.204. The summed E-state index contributed by atoms with van der Waals surface area (Å²) in [7, 11) is 0. The van der Waals surface area contributed by atoms with Gasteiger partial charge in [0.15, 0.2) is 0 Å². The summed E-state index contributed by atoms with van der Waals surface area (Å²) >= 11 is 0. The lowest BCUT2D eigenvalue weighted by molar-refractivity contribution is 0.178. The lowest BCUT2D eigenvalue weighted by Crippen LogP contribution is -2.24. The minimum absolute atomic E-state index is 0.0338. The maximum atomic E-state index is 11.6. The van der Waals surface area contributed by atoms with E-state index in [1.54, 1.807) is 13.8 Å². The number of nitrogens with one attached hydrogen (secondary N) is 1. The molecule has 1 N–H and O–H groups in total. The second-order valence-electron chi connectivity index (χ2n) is 2.12. The molecule has 0 atom stereocenters. The van der Waals surface area contributed by atoms with Gasteiger partial charge in [0.2, 0.25) is 0 Å². The van der Waals surface area contributed by atoms with E-state index < -0.39 is 6.43 Å². The molecule has 0 aromatic carbocycles. The van der Waals surface area contributed by atoms with Gasteiger partial charge in [-0.2, -0.15) is 0 Å². The standard InChI is InChI=1S/C6H11F2N/c1-4(2)9-5(3)6(7)8/h4,6,9H,3H2,1-2H3. The largest absolute Gasteiger partial charge is 0.382 e. The summed E-state index contributed by atoms with van der Waals surface area (Å²) in [6.07, 6.45) is -2.45. The van der Waals surface area contributed by atoms with E-state index in [1.165, 1.54) is 0 Å². The third kappa shape index (κ3) is 3.94. The van der Waals surface area contributed by atoms with Crippen molar-refractivity contribution in [1.29, 1.82) is 0 Å². The summed E-state index contributed by atoms with van der Waals surface area (Å²) in [6, 6.07) is 0.0338. The van der Waals surface area contributed by atoms with Gasteiger partial charge in [-0.25, -0.2) is 8.78 Å². The number of rotatable bonds is 3. The normalized spacial score (nSPS) is 10.4. The number of halogens is 2. The Hall–Kier alpha value is -0.600. The fourth-order valence-corrected chi connectivity index (χ4v) is 0.434. The molecule has 0 saturated carbocycles. The van der Waals surface area contributed by atoms with Crippen LogP contribution in [0.2, 0.25) is 0 Å². The highest BCUT2D eigenvalue weighted by Crippen LogP contribution is 2.01. The Morgan fingerprint density at radius 3 is 2.00 bits per heavy atom. The predicted molar refractivity (Wildman–Crippen MR) is 33.4 cm³/mol. The van der Waals surface area contributed by atoms with E-state index in [0.29, 0.717) is 0 Å². The number of hydrogen-bond acceptors (Lipinski definition) is 1. The fraction of sp³-hybridized carbons (Fsp3) is 0.667. The monoisotopic (exact) mass is 135 g/mol. The van der Waals surface area contributed by atoms with E-state index in [9.17, 15) is 8.78 Å². The zero-order chi connectivity index (χ0) is 7.44. The smallest absolute Gasteiger partial charge is 0.277 e. The molecule has 0 saturated heterocycles. The third-order valence-electron chi connectivity index (χ3n) is 0.737. The molecule has 9 heavy (non-hydrogen) atoms. The van der Waals surface area contributed by atoms with E-state index >= 15 is 0 Å². The maximum absolute atomic E-state index is 11.6. The van der Waals surface area contributed by atoms with Gasteiger partial charge in [-0.3, -0.25) is 0 Å². The van der Waals surface area contributed by atoms with Crippen molar-refractivity contribution in [1.82, 2.24) is 5.32 Å². The number of alkyl halides is 2. The molecule has 0 aliphatic heterocycles. The molecule has 0 fully saturated rings. The van der Waals surface area contributed by atoms with Crippen molar-refractivity contribution in [3.8, 4) is 0 Å². The zero-order valence-electron chi connectivity index (χ0n) is 5.62. The highest BCUT2D eigenvalue weighted by molar-refractivity contribution is 4.95. The molecule has 0 aromatic heterocycles. The van der Waals surface area contributed by atoms with Gasteiger partial charge in [0.25, 0.3) is 6.43 Å². The quantitative estimate of drug-likeness (QED) is 0.621. The first-order chi connectivity index (χ1) is 4.04. The molecule has 0 amide bonds. The predicted octanol–water partition coefficient (Wildman–Crippen LogP) is 1.76. The summed E-state index contributed by atoms with van der Waals surface area (Å²) in [5, 5.41) is 2.50. The molecular weight excluding hydrogens is 124 g/mol. The minimum Gasteiger partial charge on any atom is -0.382 e. The number of hydrogen-bond donors (Lipinski definition) is 1. The highest BCUT2D eigenvalue weighted by atomic mass is 19.3. The van der Waals surface area contributed by atoms with E-state index in [-0.39, 0.29) is 11.7 Å². The third-order valence-corrected chi connectivity index (χ3v) is 0.737. The zero-order valence-corrected chi connectivity index (χ0v) is 5.62. The Morgan fingerprint density at radius 2 is 1.89 bits per heavy atom. The van der Waals surface area contributed by atoms with Gasteiger partial charge in [-0.15, -0.1) is 0 Å². The second-order valence-corrected chi connectivity index (χ2v) is 2.12. The summed E-state index contributed by atoms with van der Waals surface area (Å²) in [6.45, 7) is 6.70. The van der Waals surface area contributed by atoms with Crippen molar-refractivity contribution in [2.75, 3.05) is 0 Å². The Bertz CT molecular complexity index is 99.2. The Labute approximate surface area is 53.8 Å². The molecule has 0 heterocycles. The molecule has 0 aliphatic carbocycles. The van der Waals surface area contributed by atoms with Crippen LogP contribution in [0.15, 0.2) is 12.3 Å². The van der Waals surface area contributed by atoms with Crippen LogP contribution in [0.1, 0.15) is 13.8 Å². The summed E-state index contributed by atoms with van der Waals surface area (Å²) < 4.78 is 23.3. The Balaban J connectivity index is 3.51. The van der Waals surface area contributed by atoms with Crippen LogP contribution >= 0.6 is 0 Å². The highest BCUT2D eigenvalue weighted by Gasteiger charge is 2.07. The molecule has 0 unspecified atom stereocenters. The van der Waals surface area contributed by atoms with Gasteiger partial charge in [0.1, 0.15) is 0 Å². The molecule has 54 valence electrons. The van der Waals surface area contributed by atoms with Gasteiger partial charge < -0.3 is 5.32 Å². The SMILES string of the molecule is C=C(NC(C)C)C(F)F. The lowest BCUT2D eigenvalue weighted by Gasteiger charge is -2.10. The molecule has 0 bridgehead atoms. The van der Waals surface area contributed by atoms with E-state index in [2.05, 4.69) is 11.9 Å². The first-order valence-corrected chi connectivity index (χ1v) is 2.77. The van der Waals surface area contributed by atoms with Gasteiger partial charge in [0.05, 0.1) is 5.70 Å². The first-order valence-electron chi connectivity index (χ1n) is 2.77. The summed E-state index contributed by atoms with van der Waals surface area (Å²) in [5.74, 6) is 0. The van der Waals surface area contributed by atoms with E-state index in [4.69, 9.17) is 0 Å². The average Bonchev–Trinajstić information content (AvgIpc) is 1.63. The average molecular weight is 135 g/mol. The van der Waals surface area contributed by atoms with Crippen LogP contribution < -0.4 is 5.32 Å². The van der Waals surface area contributed by atoms with Crippen molar-refractivity contribution in [3.05, 3.63) is 12.3 Å². The Morgan fingerprint density at radius 1 is 1.44 bits per heavy atom. The summed E-state index contributed by atoms with van der Waals surface area (Å²) in [4.78, 5) is 0. The van der Waals surface area contributed by atoms with Crippen LogP contribution in [0.4, 0.5) is 8.78 Å². The van der Waals surface area contributed by atoms with Gasteiger partial charge in [-0.1, -0.05) is 6.58 Å². The maximum Gasteiger partial charge on any atom is 0.277 e. The van der Waals surface area contributed by atoms with Gasteiger partial charge in [-0.05, 0) is 13.8 Å². The molecule has 0 spiro atoms. The van der Waals surface area contributed by atoms with Crippen LogP contribution in [0.5, 0.6) is 0 Å². The van der Waals surface area contributed by atoms with Gasteiger partial charge >= 0.3 is 0 Å². The molecule has 0 rings (SSSR count). The van der Waals surface area contributed by atoms with Crippen molar-refractivity contribution in [2.45, 2.75) is 26.3 Å². The number of allylic oxidation sites excluding steroid dienone is 1. The fourth-order valence-electron chi connectivity index (χ4n) is 0.434. The van der Waals surface area contributed by atoms with Gasteiger partial charge in [0, 0.05) is 6.04 Å². The first kappa shape index (κ1) is 8.40. The van der Waals surface area contributed by atoms with Crippen molar-refractivity contribution in [2.24, 2.45) is 0 Å². The minimum atomic E-state index is -2.45. The molecule has 0 radical (unpaired) electrons. The Kier molecular flexibility index (Phi) is 3.20. The van der Waals surface area contributed by atoms with Crippen molar-refractivity contribution in [3.63, 3.8) is 0 Å². The molecule has 1 nitrogen and oxygen atoms in total. The molecular formula is C6H11F2N. The van der Waals surface area contributed by atoms with Crippen molar-refractivity contribution < 1.29 is 8.78 Å². The second kappa shape index (κ2) is 3.43. The molecule has 3 heteroatoms. The van der Waals surface area contributed by atoms with Crippen LogP contribution in [0.3, 0.4) is 0 Å². The van der Waals surface area contributed by atoms with Crippen LogP contribution in [0.25, 0.3) is 0 Å². The topological polar surface area (TPSA) is 12.0 Å². The van der Waals surface area contributed by atoms with E-state index in [1.807, 2.05) is 0 Å². The van der Waals surface area contributed by atoms with Crippen molar-refractivity contribution >= 4 is 0 Å². The van der Waals surface area contributed by atoms with Crippen LogP contribution in [-0.2, 0) is 0 Å². The van der Waals surface area contributed by atoms with Crippen LogP contribution in [-0.4, -0.2) is 12.5 Å². The lowest BCUT2D eigenvalue weighted by atomic mass is 10.3. The van der Waals surface area contributed by atoms with E-state index in [0.717, 1.165) is 0 Å². The van der Waals surface area contributed by atoms with Crippen LogP contribution in [0, 0.1) is 0 Å².